The minimum atomic E-state index is -0.850. The quantitative estimate of drug-likeness (QED) is 0.820. The second kappa shape index (κ2) is 6.71. The first-order valence-electron chi connectivity index (χ1n) is 6.33. The molecular weight excluding hydrogens is 233 g/mol. The number of hydrogen-bond donors (Lipinski definition) is 2. The lowest BCUT2D eigenvalue weighted by Gasteiger charge is -2.31. The molecule has 0 unspecified atom stereocenters. The summed E-state index contributed by atoms with van der Waals surface area (Å²) in [6.07, 6.45) is -0.231. The van der Waals surface area contributed by atoms with E-state index in [0.717, 1.165) is 0 Å². The van der Waals surface area contributed by atoms with E-state index >= 15 is 0 Å². The van der Waals surface area contributed by atoms with Gasteiger partial charge in [-0.2, -0.15) is 0 Å². The normalized spacial score (nSPS) is 12.8. The van der Waals surface area contributed by atoms with Gasteiger partial charge < -0.3 is 15.1 Å². The van der Waals surface area contributed by atoms with Crippen LogP contribution in [0, 0.1) is 5.82 Å². The fraction of sp³-hybridized carbons (Fsp3) is 0.571. The molecule has 0 bridgehead atoms. The molecule has 102 valence electrons. The Hall–Kier alpha value is -1.13. The number of aliphatic hydroxyl groups excluding tert-OH is 2. The molecule has 0 spiro atoms. The van der Waals surface area contributed by atoms with Crippen LogP contribution in [0.1, 0.15) is 38.9 Å². The van der Waals surface area contributed by atoms with Crippen LogP contribution in [0.5, 0.6) is 0 Å². The second-order valence-electron chi connectivity index (χ2n) is 4.71. The summed E-state index contributed by atoms with van der Waals surface area (Å²) in [6, 6.07) is 4.99. The first-order chi connectivity index (χ1) is 8.49. The number of aliphatic hydroxyl groups is 2. The van der Waals surface area contributed by atoms with Crippen LogP contribution in [0.15, 0.2) is 18.2 Å². The monoisotopic (exact) mass is 255 g/mol. The number of nitrogens with zero attached hydrogens (tertiary/aromatic N) is 1. The molecule has 0 aliphatic heterocycles. The highest BCUT2D eigenvalue weighted by Gasteiger charge is 2.19. The summed E-state index contributed by atoms with van der Waals surface area (Å²) in [6.45, 7) is 6.31. The zero-order valence-corrected chi connectivity index (χ0v) is 11.2. The Labute approximate surface area is 108 Å². The molecular formula is C14H22FNO2. The van der Waals surface area contributed by atoms with Crippen molar-refractivity contribution in [3.8, 4) is 0 Å². The Morgan fingerprint density at radius 1 is 1.28 bits per heavy atom. The van der Waals surface area contributed by atoms with Gasteiger partial charge in [-0.05, 0) is 39.3 Å². The van der Waals surface area contributed by atoms with Gasteiger partial charge in [0.15, 0.2) is 0 Å². The molecule has 0 saturated heterocycles. The highest BCUT2D eigenvalue weighted by atomic mass is 19.1. The molecule has 0 radical (unpaired) electrons. The molecule has 1 aromatic rings. The van der Waals surface area contributed by atoms with E-state index in [1.807, 2.05) is 24.8 Å². The summed E-state index contributed by atoms with van der Waals surface area (Å²) in [5, 5.41) is 18.7. The topological polar surface area (TPSA) is 43.7 Å². The highest BCUT2D eigenvalue weighted by molar-refractivity contribution is 5.55. The molecule has 0 amide bonds. The maximum atomic E-state index is 13.8. The van der Waals surface area contributed by atoms with Crippen LogP contribution < -0.4 is 4.90 Å². The lowest BCUT2D eigenvalue weighted by Crippen LogP contribution is -2.33. The zero-order chi connectivity index (χ0) is 13.7. The van der Waals surface area contributed by atoms with Crippen molar-refractivity contribution in [1.29, 1.82) is 0 Å². The van der Waals surface area contributed by atoms with Gasteiger partial charge in [-0.1, -0.05) is 6.07 Å². The Bertz CT molecular complexity index is 380. The number of benzene rings is 1. The van der Waals surface area contributed by atoms with Crippen molar-refractivity contribution in [1.82, 2.24) is 0 Å². The average molecular weight is 255 g/mol. The minimum absolute atomic E-state index is 0.0997. The summed E-state index contributed by atoms with van der Waals surface area (Å²) in [7, 11) is 0. The molecule has 4 heteroatoms. The van der Waals surface area contributed by atoms with Gasteiger partial charge in [-0.15, -0.1) is 0 Å². The molecule has 0 heterocycles. The molecule has 0 aliphatic rings. The van der Waals surface area contributed by atoms with Crippen molar-refractivity contribution in [2.45, 2.75) is 39.3 Å². The summed E-state index contributed by atoms with van der Waals surface area (Å²) in [5.41, 5.74) is 1.03. The summed E-state index contributed by atoms with van der Waals surface area (Å²) < 4.78 is 13.8. The van der Waals surface area contributed by atoms with Crippen LogP contribution in [0.3, 0.4) is 0 Å². The zero-order valence-electron chi connectivity index (χ0n) is 11.2. The Balaban J connectivity index is 3.14. The van der Waals surface area contributed by atoms with Crippen molar-refractivity contribution in [2.75, 3.05) is 18.1 Å². The van der Waals surface area contributed by atoms with E-state index in [0.29, 0.717) is 24.2 Å². The molecule has 1 rings (SSSR count). The Morgan fingerprint density at radius 2 is 1.94 bits per heavy atom. The van der Waals surface area contributed by atoms with Gasteiger partial charge in [-0.25, -0.2) is 4.39 Å². The van der Waals surface area contributed by atoms with E-state index in [1.165, 1.54) is 6.07 Å². The largest absolute Gasteiger partial charge is 0.396 e. The van der Waals surface area contributed by atoms with Gasteiger partial charge >= 0.3 is 0 Å². The van der Waals surface area contributed by atoms with Crippen molar-refractivity contribution >= 4 is 5.69 Å². The van der Waals surface area contributed by atoms with Gasteiger partial charge in [0.25, 0.3) is 0 Å². The van der Waals surface area contributed by atoms with Gasteiger partial charge in [-0.3, -0.25) is 0 Å². The molecule has 1 aromatic carbocycles. The predicted octanol–water partition coefficient (Wildman–Crippen LogP) is 2.48. The van der Waals surface area contributed by atoms with E-state index in [1.54, 1.807) is 13.0 Å². The van der Waals surface area contributed by atoms with Crippen LogP contribution in [0.4, 0.5) is 10.1 Å². The summed E-state index contributed by atoms with van der Waals surface area (Å²) >= 11 is 0. The summed E-state index contributed by atoms with van der Waals surface area (Å²) in [5.74, 6) is -0.392. The lowest BCUT2D eigenvalue weighted by atomic mass is 10.0. The molecule has 1 atom stereocenters. The first kappa shape index (κ1) is 14.9. The van der Waals surface area contributed by atoms with Crippen LogP contribution in [-0.4, -0.2) is 29.4 Å². The van der Waals surface area contributed by atoms with Gasteiger partial charge in [0, 0.05) is 30.4 Å². The number of rotatable bonds is 6. The maximum absolute atomic E-state index is 13.8. The average Bonchev–Trinajstić information content (AvgIpc) is 2.28. The van der Waals surface area contributed by atoms with Crippen LogP contribution >= 0.6 is 0 Å². The molecule has 2 N–H and O–H groups in total. The Morgan fingerprint density at radius 3 is 2.44 bits per heavy atom. The molecule has 0 aliphatic carbocycles. The fourth-order valence-electron chi connectivity index (χ4n) is 2.09. The van der Waals surface area contributed by atoms with Gasteiger partial charge in [0.2, 0.25) is 0 Å². The SMILES string of the molecule is CC(C)N(CCCO)c1cccc(F)c1[C@@H](C)O. The number of hydrogen-bond acceptors (Lipinski definition) is 3. The van der Waals surface area contributed by atoms with Gasteiger partial charge in [0.1, 0.15) is 5.82 Å². The maximum Gasteiger partial charge on any atom is 0.131 e. The van der Waals surface area contributed by atoms with Crippen LogP contribution in [0.25, 0.3) is 0 Å². The molecule has 0 aromatic heterocycles. The lowest BCUT2D eigenvalue weighted by molar-refractivity contribution is 0.194. The van der Waals surface area contributed by atoms with E-state index < -0.39 is 11.9 Å². The van der Waals surface area contributed by atoms with Crippen molar-refractivity contribution in [3.63, 3.8) is 0 Å². The number of anilines is 1. The predicted molar refractivity (Wildman–Crippen MR) is 71.2 cm³/mol. The van der Waals surface area contributed by atoms with Crippen molar-refractivity contribution in [3.05, 3.63) is 29.6 Å². The van der Waals surface area contributed by atoms with E-state index in [-0.39, 0.29) is 12.6 Å². The third-order valence-electron chi connectivity index (χ3n) is 2.94. The van der Waals surface area contributed by atoms with E-state index in [9.17, 15) is 9.50 Å². The second-order valence-corrected chi connectivity index (χ2v) is 4.71. The minimum Gasteiger partial charge on any atom is -0.396 e. The van der Waals surface area contributed by atoms with E-state index in [2.05, 4.69) is 0 Å². The van der Waals surface area contributed by atoms with Crippen molar-refractivity contribution < 1.29 is 14.6 Å². The first-order valence-corrected chi connectivity index (χ1v) is 6.33. The fourth-order valence-corrected chi connectivity index (χ4v) is 2.09. The molecule has 0 fully saturated rings. The van der Waals surface area contributed by atoms with E-state index in [4.69, 9.17) is 5.11 Å². The molecule has 3 nitrogen and oxygen atoms in total. The molecule has 18 heavy (non-hydrogen) atoms. The highest BCUT2D eigenvalue weighted by Crippen LogP contribution is 2.30. The van der Waals surface area contributed by atoms with Crippen LogP contribution in [0.2, 0.25) is 0 Å². The van der Waals surface area contributed by atoms with Crippen LogP contribution in [-0.2, 0) is 0 Å². The Kier molecular flexibility index (Phi) is 5.56. The standard InChI is InChI=1S/C14H22FNO2/c1-10(2)16(8-5-9-17)13-7-4-6-12(15)14(13)11(3)18/h4,6-7,10-11,17-18H,5,8-9H2,1-3H3/t11-/m1/s1. The molecule has 0 saturated carbocycles. The third-order valence-corrected chi connectivity index (χ3v) is 2.94. The van der Waals surface area contributed by atoms with Gasteiger partial charge in [0.05, 0.1) is 6.10 Å². The third kappa shape index (κ3) is 3.43. The van der Waals surface area contributed by atoms with Crippen molar-refractivity contribution in [2.24, 2.45) is 0 Å². The summed E-state index contributed by atoms with van der Waals surface area (Å²) in [4.78, 5) is 2.00. The number of halogens is 1. The smallest absolute Gasteiger partial charge is 0.131 e.